The fourth-order valence-corrected chi connectivity index (χ4v) is 6.24. The molecule has 6 heteroatoms. The molecular weight excluding hydrogens is 574 g/mol. The van der Waals surface area contributed by atoms with Crippen LogP contribution in [0.2, 0.25) is 0 Å². The first-order chi connectivity index (χ1) is 22.4. The second-order valence-electron chi connectivity index (χ2n) is 12.4. The number of oxazole rings is 1. The molecule has 6 nitrogen and oxygen atoms in total. The Hall–Kier alpha value is -4.84. The number of carboxylic acid groups (broad SMARTS) is 1. The van der Waals surface area contributed by atoms with Crippen LogP contribution in [0.1, 0.15) is 67.5 Å². The first-order valence-corrected chi connectivity index (χ1v) is 16.2. The Morgan fingerprint density at radius 2 is 1.46 bits per heavy atom. The van der Waals surface area contributed by atoms with Crippen LogP contribution in [0.3, 0.4) is 0 Å². The van der Waals surface area contributed by atoms with Crippen LogP contribution in [0, 0.1) is 6.92 Å². The quantitative estimate of drug-likeness (QED) is 0.151. The summed E-state index contributed by atoms with van der Waals surface area (Å²) in [4.78, 5) is 17.0. The molecule has 236 valence electrons. The van der Waals surface area contributed by atoms with Gasteiger partial charge in [0.1, 0.15) is 17.3 Å². The lowest BCUT2D eigenvalue weighted by Gasteiger charge is -2.27. The number of carbonyl (C=O) groups is 1. The summed E-state index contributed by atoms with van der Waals surface area (Å²) in [5.74, 6) is 2.24. The Balaban J connectivity index is 1.02. The van der Waals surface area contributed by atoms with Crippen molar-refractivity contribution in [2.75, 3.05) is 6.61 Å². The van der Waals surface area contributed by atoms with Gasteiger partial charge in [-0.15, -0.1) is 0 Å². The maximum atomic E-state index is 12.3. The molecule has 1 aromatic heterocycles. The molecule has 46 heavy (non-hydrogen) atoms. The fraction of sp³-hybridized carbons (Fsp3) is 0.300. The van der Waals surface area contributed by atoms with Gasteiger partial charge in [-0.2, -0.15) is 0 Å². The zero-order valence-electron chi connectivity index (χ0n) is 26.6. The first kappa shape index (κ1) is 31.2. The Morgan fingerprint density at radius 3 is 2.13 bits per heavy atom. The zero-order chi connectivity index (χ0) is 31.9. The zero-order valence-corrected chi connectivity index (χ0v) is 26.6. The van der Waals surface area contributed by atoms with Crippen molar-refractivity contribution in [3.63, 3.8) is 0 Å². The highest BCUT2D eigenvalue weighted by Gasteiger charge is 2.36. The van der Waals surface area contributed by atoms with Crippen LogP contribution in [0.25, 0.3) is 22.6 Å². The number of hydrogen-bond donors (Lipinski definition) is 1. The monoisotopic (exact) mass is 615 g/mol. The van der Waals surface area contributed by atoms with Crippen LogP contribution in [-0.2, 0) is 17.6 Å². The van der Waals surface area contributed by atoms with Gasteiger partial charge in [0.2, 0.25) is 11.5 Å². The minimum absolute atomic E-state index is 0.222. The number of ether oxygens (including phenoxy) is 2. The highest BCUT2D eigenvalue weighted by Crippen LogP contribution is 2.34. The molecule has 5 aromatic rings. The van der Waals surface area contributed by atoms with E-state index in [9.17, 15) is 9.90 Å². The van der Waals surface area contributed by atoms with Gasteiger partial charge in [0, 0.05) is 18.4 Å². The van der Waals surface area contributed by atoms with Crippen molar-refractivity contribution in [1.82, 2.24) is 4.98 Å². The Bertz CT molecular complexity index is 1720. The van der Waals surface area contributed by atoms with Gasteiger partial charge in [0.05, 0.1) is 12.3 Å². The van der Waals surface area contributed by atoms with Crippen LogP contribution in [-0.4, -0.2) is 28.3 Å². The summed E-state index contributed by atoms with van der Waals surface area (Å²) < 4.78 is 18.1. The fourth-order valence-electron chi connectivity index (χ4n) is 6.24. The number of rotatable bonds is 12. The third-order valence-electron chi connectivity index (χ3n) is 8.96. The van der Waals surface area contributed by atoms with Crippen molar-refractivity contribution in [1.29, 1.82) is 0 Å². The lowest BCUT2D eigenvalue weighted by molar-refractivity contribution is -0.153. The number of aromatic nitrogens is 1. The van der Waals surface area contributed by atoms with Crippen molar-refractivity contribution < 1.29 is 23.8 Å². The summed E-state index contributed by atoms with van der Waals surface area (Å²) in [6.45, 7) is 3.98. The molecule has 1 saturated carbocycles. The van der Waals surface area contributed by atoms with Gasteiger partial charge >= 0.3 is 5.97 Å². The molecule has 0 spiro atoms. The molecule has 1 N–H and O–H groups in total. The van der Waals surface area contributed by atoms with E-state index in [0.29, 0.717) is 36.3 Å². The number of carboxylic acids is 1. The number of hydrogen-bond acceptors (Lipinski definition) is 5. The molecule has 0 amide bonds. The maximum absolute atomic E-state index is 12.3. The Labute approximate surface area is 271 Å². The summed E-state index contributed by atoms with van der Waals surface area (Å²) in [5.41, 5.74) is 4.87. The van der Waals surface area contributed by atoms with E-state index in [1.54, 1.807) is 6.92 Å². The number of benzene rings is 4. The summed E-state index contributed by atoms with van der Waals surface area (Å²) in [7, 11) is 0. The third-order valence-corrected chi connectivity index (χ3v) is 8.96. The lowest BCUT2D eigenvalue weighted by Crippen LogP contribution is -2.43. The van der Waals surface area contributed by atoms with Crippen molar-refractivity contribution in [2.45, 2.75) is 70.3 Å². The van der Waals surface area contributed by atoms with Crippen molar-refractivity contribution in [3.05, 3.63) is 126 Å². The van der Waals surface area contributed by atoms with Crippen molar-refractivity contribution >= 4 is 5.97 Å². The third kappa shape index (κ3) is 7.51. The van der Waals surface area contributed by atoms with E-state index in [4.69, 9.17) is 18.9 Å². The predicted octanol–water partition coefficient (Wildman–Crippen LogP) is 9.45. The van der Waals surface area contributed by atoms with E-state index in [1.807, 2.05) is 73.7 Å². The standard InChI is InChI=1S/C40H41NO5/c1-28-37(41-38(45-28)34-17-15-32(16-18-34)30-9-5-3-6-10-30)25-26-44-35-21-13-29(14-22-35)27-40(2,39(42)43)46-36-23-19-33(20-24-36)31-11-7-4-8-12-31/h3,5-6,9-10,13-24,31H,4,7-8,11-12,25-27H2,1-2H3,(H,42,43). The van der Waals surface area contributed by atoms with E-state index in [2.05, 4.69) is 36.4 Å². The molecule has 0 bridgehead atoms. The first-order valence-electron chi connectivity index (χ1n) is 16.2. The molecule has 0 aliphatic heterocycles. The van der Waals surface area contributed by atoms with E-state index < -0.39 is 11.6 Å². The van der Waals surface area contributed by atoms with E-state index in [0.717, 1.165) is 28.1 Å². The molecule has 1 atom stereocenters. The maximum Gasteiger partial charge on any atom is 0.348 e. The number of nitrogens with zero attached hydrogens (tertiary/aromatic N) is 1. The number of aliphatic carboxylic acids is 1. The summed E-state index contributed by atoms with van der Waals surface area (Å²) in [6.07, 6.45) is 7.13. The highest BCUT2D eigenvalue weighted by atomic mass is 16.5. The van der Waals surface area contributed by atoms with Crippen molar-refractivity contribution in [3.8, 4) is 34.1 Å². The molecule has 1 heterocycles. The van der Waals surface area contributed by atoms with Gasteiger partial charge in [0.15, 0.2) is 0 Å². The molecule has 1 fully saturated rings. The van der Waals surface area contributed by atoms with Crippen LogP contribution in [0.5, 0.6) is 11.5 Å². The molecular formula is C40H41NO5. The molecule has 0 saturated heterocycles. The van der Waals surface area contributed by atoms with E-state index in [-0.39, 0.29) is 6.42 Å². The minimum Gasteiger partial charge on any atom is -0.493 e. The summed E-state index contributed by atoms with van der Waals surface area (Å²) in [6, 6.07) is 34.0. The molecule has 1 aliphatic rings. The number of aryl methyl sites for hydroxylation is 1. The van der Waals surface area contributed by atoms with Gasteiger partial charge in [-0.3, -0.25) is 0 Å². The minimum atomic E-state index is -1.40. The average Bonchev–Trinajstić information content (AvgIpc) is 3.46. The SMILES string of the molecule is Cc1oc(-c2ccc(-c3ccccc3)cc2)nc1CCOc1ccc(CC(C)(Oc2ccc(C3CCCCC3)cc2)C(=O)O)cc1. The Kier molecular flexibility index (Phi) is 9.53. The second-order valence-corrected chi connectivity index (χ2v) is 12.4. The van der Waals surface area contributed by atoms with E-state index >= 15 is 0 Å². The van der Waals surface area contributed by atoms with Gasteiger partial charge in [-0.1, -0.05) is 86.0 Å². The molecule has 0 radical (unpaired) electrons. The van der Waals surface area contributed by atoms with Crippen LogP contribution in [0.15, 0.2) is 108 Å². The molecule has 1 aliphatic carbocycles. The van der Waals surface area contributed by atoms with Crippen LogP contribution < -0.4 is 9.47 Å². The summed E-state index contributed by atoms with van der Waals surface area (Å²) in [5, 5.41) is 10.1. The molecule has 4 aromatic carbocycles. The molecule has 6 rings (SSSR count). The predicted molar refractivity (Wildman–Crippen MR) is 180 cm³/mol. The summed E-state index contributed by atoms with van der Waals surface area (Å²) >= 11 is 0. The highest BCUT2D eigenvalue weighted by molar-refractivity contribution is 5.78. The largest absolute Gasteiger partial charge is 0.493 e. The van der Waals surface area contributed by atoms with Crippen molar-refractivity contribution in [2.24, 2.45) is 0 Å². The molecule has 1 unspecified atom stereocenters. The topological polar surface area (TPSA) is 81.8 Å². The van der Waals surface area contributed by atoms with E-state index in [1.165, 1.54) is 43.2 Å². The lowest BCUT2D eigenvalue weighted by atomic mass is 9.84. The van der Waals surface area contributed by atoms with Crippen LogP contribution in [0.4, 0.5) is 0 Å². The normalized spacial score (nSPS) is 14.8. The second kappa shape index (κ2) is 14.1. The Morgan fingerprint density at radius 1 is 0.826 bits per heavy atom. The van der Waals surface area contributed by atoms with Gasteiger partial charge in [-0.05, 0) is 91.3 Å². The smallest absolute Gasteiger partial charge is 0.348 e. The van der Waals surface area contributed by atoms with Gasteiger partial charge < -0.3 is 19.0 Å². The van der Waals surface area contributed by atoms with Crippen LogP contribution >= 0.6 is 0 Å². The van der Waals surface area contributed by atoms with Gasteiger partial charge in [-0.25, -0.2) is 9.78 Å². The van der Waals surface area contributed by atoms with Gasteiger partial charge in [0.25, 0.3) is 0 Å². The average molecular weight is 616 g/mol.